The quantitative estimate of drug-likeness (QED) is 0.917. The minimum Gasteiger partial charge on any atom is -0.377 e. The van der Waals surface area contributed by atoms with Gasteiger partial charge in [0.2, 0.25) is 0 Å². The number of carbonyl (C=O) groups is 1. The van der Waals surface area contributed by atoms with E-state index in [9.17, 15) is 4.79 Å². The molecule has 0 atom stereocenters. The third-order valence-corrected chi connectivity index (χ3v) is 2.91. The number of rotatable bonds is 5. The Morgan fingerprint density at radius 3 is 3.05 bits per heavy atom. The molecular weight excluding hydrogens is 312 g/mol. The molecule has 1 N–H and O–H groups in total. The minimum atomic E-state index is -0.272. The molecule has 1 aromatic carbocycles. The van der Waals surface area contributed by atoms with Crippen LogP contribution in [0.5, 0.6) is 0 Å². The topological polar surface area (TPSA) is 64.4 Å². The fourth-order valence-electron chi connectivity index (χ4n) is 1.55. The van der Waals surface area contributed by atoms with Gasteiger partial charge in [-0.2, -0.15) is 0 Å². The Bertz CT molecular complexity index is 569. The molecule has 2 aromatic rings. The highest BCUT2D eigenvalue weighted by Crippen LogP contribution is 2.11. The maximum atomic E-state index is 11.8. The van der Waals surface area contributed by atoms with Gasteiger partial charge >= 0.3 is 0 Å². The van der Waals surface area contributed by atoms with Crippen LogP contribution in [-0.4, -0.2) is 18.2 Å². The third kappa shape index (κ3) is 3.90. The molecule has 1 amide bonds. The van der Waals surface area contributed by atoms with Gasteiger partial charge in [0.05, 0.1) is 0 Å². The smallest absolute Gasteiger partial charge is 0.273 e. The van der Waals surface area contributed by atoms with Gasteiger partial charge in [-0.25, -0.2) is 0 Å². The molecule has 0 spiro atoms. The largest absolute Gasteiger partial charge is 0.377 e. The molecule has 0 unspecified atom stereocenters. The molecule has 0 aliphatic heterocycles. The second-order valence-corrected chi connectivity index (χ2v) is 4.84. The van der Waals surface area contributed by atoms with Crippen molar-refractivity contribution in [1.29, 1.82) is 0 Å². The Balaban J connectivity index is 1.93. The molecule has 0 aliphatic carbocycles. The summed E-state index contributed by atoms with van der Waals surface area (Å²) in [6.07, 6.45) is 0. The summed E-state index contributed by atoms with van der Waals surface area (Å²) in [5, 5.41) is 6.46. The highest BCUT2D eigenvalue weighted by molar-refractivity contribution is 9.10. The lowest BCUT2D eigenvalue weighted by Gasteiger charge is -2.03. The van der Waals surface area contributed by atoms with E-state index in [1.165, 1.54) is 0 Å². The molecule has 0 fully saturated rings. The molecule has 0 bridgehead atoms. The van der Waals surface area contributed by atoms with Crippen molar-refractivity contribution in [3.05, 3.63) is 51.8 Å². The lowest BCUT2D eigenvalue weighted by atomic mass is 10.2. The number of hydrogen-bond acceptors (Lipinski definition) is 4. The van der Waals surface area contributed by atoms with Crippen molar-refractivity contribution in [2.24, 2.45) is 0 Å². The maximum absolute atomic E-state index is 11.8. The summed E-state index contributed by atoms with van der Waals surface area (Å²) in [5.74, 6) is 0.251. The molecule has 0 saturated carbocycles. The highest BCUT2D eigenvalue weighted by atomic mass is 79.9. The number of nitrogens with one attached hydrogen (secondary N) is 1. The number of halogens is 1. The van der Waals surface area contributed by atoms with E-state index < -0.39 is 0 Å². The lowest BCUT2D eigenvalue weighted by molar-refractivity contribution is 0.0941. The van der Waals surface area contributed by atoms with E-state index in [0.29, 0.717) is 18.9 Å². The van der Waals surface area contributed by atoms with Crippen LogP contribution in [0.2, 0.25) is 0 Å². The van der Waals surface area contributed by atoms with Crippen molar-refractivity contribution in [2.75, 3.05) is 7.11 Å². The predicted octanol–water partition coefficient (Wildman–Crippen LogP) is 2.51. The Kier molecular flexibility index (Phi) is 4.70. The van der Waals surface area contributed by atoms with Gasteiger partial charge in [0.15, 0.2) is 11.5 Å². The van der Waals surface area contributed by atoms with Gasteiger partial charge in [-0.1, -0.05) is 33.2 Å². The SMILES string of the molecule is COCc1cc(C(=O)NCc2cccc(Br)c2)no1. The number of methoxy groups -OCH3 is 1. The first-order chi connectivity index (χ1) is 9.19. The summed E-state index contributed by atoms with van der Waals surface area (Å²) < 4.78 is 10.8. The van der Waals surface area contributed by atoms with Gasteiger partial charge in [-0.05, 0) is 17.7 Å². The molecule has 0 saturated heterocycles. The van der Waals surface area contributed by atoms with Crippen molar-refractivity contribution < 1.29 is 14.1 Å². The molecule has 0 aliphatic rings. The van der Waals surface area contributed by atoms with E-state index in [4.69, 9.17) is 9.26 Å². The van der Waals surface area contributed by atoms with Crippen LogP contribution in [0.1, 0.15) is 21.8 Å². The zero-order chi connectivity index (χ0) is 13.7. The summed E-state index contributed by atoms with van der Waals surface area (Å²) in [6, 6.07) is 9.29. The molecule has 1 aromatic heterocycles. The predicted molar refractivity (Wildman–Crippen MR) is 72.5 cm³/mol. The zero-order valence-electron chi connectivity index (χ0n) is 10.4. The highest BCUT2D eigenvalue weighted by Gasteiger charge is 2.11. The van der Waals surface area contributed by atoms with E-state index in [-0.39, 0.29) is 11.6 Å². The van der Waals surface area contributed by atoms with Crippen LogP contribution in [0, 0.1) is 0 Å². The van der Waals surface area contributed by atoms with Crippen molar-refractivity contribution >= 4 is 21.8 Å². The van der Waals surface area contributed by atoms with Crippen LogP contribution in [0.3, 0.4) is 0 Å². The molecule has 19 heavy (non-hydrogen) atoms. The normalized spacial score (nSPS) is 10.4. The van der Waals surface area contributed by atoms with Gasteiger partial charge in [-0.15, -0.1) is 0 Å². The Morgan fingerprint density at radius 2 is 2.32 bits per heavy atom. The average molecular weight is 325 g/mol. The van der Waals surface area contributed by atoms with E-state index in [0.717, 1.165) is 10.0 Å². The van der Waals surface area contributed by atoms with Gasteiger partial charge in [0, 0.05) is 24.2 Å². The van der Waals surface area contributed by atoms with E-state index in [1.54, 1.807) is 13.2 Å². The average Bonchev–Trinajstić information content (AvgIpc) is 2.85. The van der Waals surface area contributed by atoms with Gasteiger partial charge in [-0.3, -0.25) is 4.79 Å². The van der Waals surface area contributed by atoms with Gasteiger partial charge < -0.3 is 14.6 Å². The van der Waals surface area contributed by atoms with Crippen molar-refractivity contribution in [3.63, 3.8) is 0 Å². The first-order valence-corrected chi connectivity index (χ1v) is 6.45. The minimum absolute atomic E-state index is 0.252. The molecule has 1 heterocycles. The van der Waals surface area contributed by atoms with E-state index >= 15 is 0 Å². The first-order valence-electron chi connectivity index (χ1n) is 5.66. The number of ether oxygens (including phenoxy) is 1. The summed E-state index contributed by atoms with van der Waals surface area (Å²) in [4.78, 5) is 11.8. The fourth-order valence-corrected chi connectivity index (χ4v) is 2.00. The lowest BCUT2D eigenvalue weighted by Crippen LogP contribution is -2.23. The molecule has 6 heteroatoms. The number of nitrogens with zero attached hydrogens (tertiary/aromatic N) is 1. The first kappa shape index (κ1) is 13.8. The number of benzene rings is 1. The standard InChI is InChI=1S/C13H13BrN2O3/c1-18-8-11-6-12(16-19-11)13(17)15-7-9-3-2-4-10(14)5-9/h2-6H,7-8H2,1H3,(H,15,17). The molecule has 100 valence electrons. The Morgan fingerprint density at radius 1 is 1.47 bits per heavy atom. The van der Waals surface area contributed by atoms with Crippen LogP contribution < -0.4 is 5.32 Å². The van der Waals surface area contributed by atoms with Crippen LogP contribution in [0.4, 0.5) is 0 Å². The van der Waals surface area contributed by atoms with Crippen molar-refractivity contribution in [3.8, 4) is 0 Å². The van der Waals surface area contributed by atoms with Gasteiger partial charge in [0.25, 0.3) is 5.91 Å². The maximum Gasteiger partial charge on any atom is 0.273 e. The number of amides is 1. The summed E-state index contributed by atoms with van der Waals surface area (Å²) in [6.45, 7) is 0.733. The van der Waals surface area contributed by atoms with Crippen LogP contribution in [-0.2, 0) is 17.9 Å². The number of carbonyl (C=O) groups excluding carboxylic acids is 1. The van der Waals surface area contributed by atoms with E-state index in [1.807, 2.05) is 24.3 Å². The Hall–Kier alpha value is -1.66. The zero-order valence-corrected chi connectivity index (χ0v) is 11.9. The molecule has 0 radical (unpaired) electrons. The number of hydrogen-bond donors (Lipinski definition) is 1. The number of aromatic nitrogens is 1. The van der Waals surface area contributed by atoms with Crippen LogP contribution in [0.25, 0.3) is 0 Å². The summed E-state index contributed by atoms with van der Waals surface area (Å²) >= 11 is 3.38. The van der Waals surface area contributed by atoms with Crippen LogP contribution >= 0.6 is 15.9 Å². The fraction of sp³-hybridized carbons (Fsp3) is 0.231. The second-order valence-electron chi connectivity index (χ2n) is 3.92. The van der Waals surface area contributed by atoms with Crippen molar-refractivity contribution in [1.82, 2.24) is 10.5 Å². The molecular formula is C13H13BrN2O3. The summed E-state index contributed by atoms with van der Waals surface area (Å²) in [7, 11) is 1.55. The molecule has 5 nitrogen and oxygen atoms in total. The monoisotopic (exact) mass is 324 g/mol. The third-order valence-electron chi connectivity index (χ3n) is 2.42. The van der Waals surface area contributed by atoms with Gasteiger partial charge in [0.1, 0.15) is 6.61 Å². The second kappa shape index (κ2) is 6.49. The van der Waals surface area contributed by atoms with Crippen LogP contribution in [0.15, 0.2) is 39.3 Å². The Labute approximate surface area is 119 Å². The van der Waals surface area contributed by atoms with E-state index in [2.05, 4.69) is 26.4 Å². The molecule has 2 rings (SSSR count). The van der Waals surface area contributed by atoms with Crippen molar-refractivity contribution in [2.45, 2.75) is 13.2 Å². The summed E-state index contributed by atoms with van der Waals surface area (Å²) in [5.41, 5.74) is 1.25.